The van der Waals surface area contributed by atoms with Gasteiger partial charge in [-0.3, -0.25) is 0 Å². The van der Waals surface area contributed by atoms with Gasteiger partial charge in [0, 0.05) is 17.1 Å². The van der Waals surface area contributed by atoms with Crippen molar-refractivity contribution in [1.82, 2.24) is 10.0 Å². The lowest BCUT2D eigenvalue weighted by molar-refractivity contribution is 0.552. The Morgan fingerprint density at radius 3 is 2.79 bits per heavy atom. The number of sulfonamides is 1. The molecule has 0 amide bonds. The van der Waals surface area contributed by atoms with E-state index < -0.39 is 10.0 Å². The summed E-state index contributed by atoms with van der Waals surface area (Å²) in [5, 5.41) is 3.46. The zero-order valence-electron chi connectivity index (χ0n) is 10.0. The van der Waals surface area contributed by atoms with E-state index in [0.717, 1.165) is 23.9 Å². The largest absolute Gasteiger partial charge is 0.313 e. The van der Waals surface area contributed by atoms with Gasteiger partial charge in [-0.2, -0.15) is 0 Å². The second kappa shape index (κ2) is 7.24. The Labute approximate surface area is 132 Å². The van der Waals surface area contributed by atoms with Crippen LogP contribution in [0.2, 0.25) is 5.02 Å². The van der Waals surface area contributed by atoms with Gasteiger partial charge in [0.15, 0.2) is 0 Å². The first-order valence-corrected chi connectivity index (χ1v) is 8.32. The molecule has 0 aromatic heterocycles. The van der Waals surface area contributed by atoms with Crippen molar-refractivity contribution in [2.75, 3.05) is 13.1 Å². The van der Waals surface area contributed by atoms with Crippen LogP contribution in [0.3, 0.4) is 0 Å². The van der Waals surface area contributed by atoms with Crippen molar-refractivity contribution in [2.45, 2.75) is 23.8 Å². The van der Waals surface area contributed by atoms with E-state index in [1.807, 2.05) is 0 Å². The fourth-order valence-electron chi connectivity index (χ4n) is 1.91. The van der Waals surface area contributed by atoms with Crippen LogP contribution in [0.15, 0.2) is 27.6 Å². The van der Waals surface area contributed by atoms with Crippen molar-refractivity contribution in [2.24, 2.45) is 0 Å². The molecule has 1 saturated heterocycles. The smallest absolute Gasteiger partial charge is 0.242 e. The van der Waals surface area contributed by atoms with Gasteiger partial charge in [-0.15, -0.1) is 12.4 Å². The molecule has 1 aromatic rings. The third-order valence-electron chi connectivity index (χ3n) is 2.87. The SMILES string of the molecule is Cl.O=S(=O)(NCC1CCCN1)c1ccc(Br)cc1Cl. The van der Waals surface area contributed by atoms with Gasteiger partial charge >= 0.3 is 0 Å². The van der Waals surface area contributed by atoms with Gasteiger partial charge in [0.2, 0.25) is 10.0 Å². The molecule has 1 aliphatic heterocycles. The first-order valence-electron chi connectivity index (χ1n) is 5.67. The number of hydrogen-bond acceptors (Lipinski definition) is 3. The van der Waals surface area contributed by atoms with Crippen LogP contribution in [0.1, 0.15) is 12.8 Å². The third-order valence-corrected chi connectivity index (χ3v) is 5.27. The summed E-state index contributed by atoms with van der Waals surface area (Å²) >= 11 is 9.19. The van der Waals surface area contributed by atoms with Gasteiger partial charge in [-0.05, 0) is 37.6 Å². The second-order valence-corrected chi connectivity index (χ2v) is 7.28. The highest BCUT2D eigenvalue weighted by Gasteiger charge is 2.21. The van der Waals surface area contributed by atoms with Gasteiger partial charge in [-0.1, -0.05) is 27.5 Å². The van der Waals surface area contributed by atoms with E-state index in [9.17, 15) is 8.42 Å². The molecular weight excluding hydrogens is 375 g/mol. The lowest BCUT2D eigenvalue weighted by atomic mass is 10.2. The third kappa shape index (κ3) is 4.58. The topological polar surface area (TPSA) is 58.2 Å². The zero-order valence-corrected chi connectivity index (χ0v) is 14.0. The highest BCUT2D eigenvalue weighted by molar-refractivity contribution is 9.10. The summed E-state index contributed by atoms with van der Waals surface area (Å²) in [6.07, 6.45) is 2.09. The van der Waals surface area contributed by atoms with Gasteiger partial charge < -0.3 is 5.32 Å². The van der Waals surface area contributed by atoms with Crippen molar-refractivity contribution < 1.29 is 8.42 Å². The van der Waals surface area contributed by atoms with E-state index in [-0.39, 0.29) is 28.4 Å². The van der Waals surface area contributed by atoms with E-state index in [2.05, 4.69) is 26.0 Å². The van der Waals surface area contributed by atoms with E-state index in [0.29, 0.717) is 6.54 Å². The normalized spacial score (nSPS) is 19.2. The van der Waals surface area contributed by atoms with Crippen LogP contribution in [-0.4, -0.2) is 27.5 Å². The maximum absolute atomic E-state index is 12.1. The Balaban J connectivity index is 0.00000180. The number of rotatable bonds is 4. The molecule has 1 aromatic carbocycles. The quantitative estimate of drug-likeness (QED) is 0.831. The molecule has 1 aliphatic rings. The molecule has 4 nitrogen and oxygen atoms in total. The molecule has 8 heteroatoms. The Kier molecular flexibility index (Phi) is 6.56. The van der Waals surface area contributed by atoms with E-state index in [1.54, 1.807) is 12.1 Å². The summed E-state index contributed by atoms with van der Waals surface area (Å²) in [4.78, 5) is 0.116. The van der Waals surface area contributed by atoms with Crippen molar-refractivity contribution in [3.63, 3.8) is 0 Å². The monoisotopic (exact) mass is 388 g/mol. The summed E-state index contributed by atoms with van der Waals surface area (Å²) < 4.78 is 27.5. The molecule has 0 radical (unpaired) electrons. The van der Waals surface area contributed by atoms with Crippen LogP contribution in [0.25, 0.3) is 0 Å². The number of nitrogens with one attached hydrogen (secondary N) is 2. The molecule has 1 heterocycles. The van der Waals surface area contributed by atoms with Crippen molar-refractivity contribution in [1.29, 1.82) is 0 Å². The Morgan fingerprint density at radius 2 is 2.21 bits per heavy atom. The van der Waals surface area contributed by atoms with Crippen molar-refractivity contribution in [3.05, 3.63) is 27.7 Å². The molecule has 2 rings (SSSR count). The Bertz CT molecular complexity index is 533. The first kappa shape index (κ1) is 17.2. The minimum atomic E-state index is -3.54. The molecule has 0 saturated carbocycles. The fraction of sp³-hybridized carbons (Fsp3) is 0.455. The van der Waals surface area contributed by atoms with Crippen LogP contribution in [0.5, 0.6) is 0 Å². The molecule has 1 unspecified atom stereocenters. The van der Waals surface area contributed by atoms with Gasteiger partial charge in [-0.25, -0.2) is 13.1 Å². The number of hydrogen-bond donors (Lipinski definition) is 2. The lowest BCUT2D eigenvalue weighted by Gasteiger charge is -2.12. The van der Waals surface area contributed by atoms with Crippen LogP contribution in [0, 0.1) is 0 Å². The minimum absolute atomic E-state index is 0. The fourth-order valence-corrected chi connectivity index (χ4v) is 4.03. The van der Waals surface area contributed by atoms with Crippen LogP contribution in [0.4, 0.5) is 0 Å². The maximum atomic E-state index is 12.1. The van der Waals surface area contributed by atoms with E-state index >= 15 is 0 Å². The summed E-state index contributed by atoms with van der Waals surface area (Å²) in [6.45, 7) is 1.35. The van der Waals surface area contributed by atoms with E-state index in [1.165, 1.54) is 6.07 Å². The molecular formula is C11H15BrCl2N2O2S. The lowest BCUT2D eigenvalue weighted by Crippen LogP contribution is -2.37. The summed E-state index contributed by atoms with van der Waals surface area (Å²) in [7, 11) is -3.54. The highest BCUT2D eigenvalue weighted by Crippen LogP contribution is 2.25. The molecule has 2 N–H and O–H groups in total. The number of benzene rings is 1. The van der Waals surface area contributed by atoms with Gasteiger partial charge in [0.05, 0.1) is 5.02 Å². The predicted molar refractivity (Wildman–Crippen MR) is 82.6 cm³/mol. The molecule has 108 valence electrons. The maximum Gasteiger partial charge on any atom is 0.242 e. The average Bonchev–Trinajstić information content (AvgIpc) is 2.78. The molecule has 19 heavy (non-hydrogen) atoms. The van der Waals surface area contributed by atoms with Crippen LogP contribution < -0.4 is 10.0 Å². The summed E-state index contributed by atoms with van der Waals surface area (Å²) in [5.41, 5.74) is 0. The highest BCUT2D eigenvalue weighted by atomic mass is 79.9. The average molecular weight is 390 g/mol. The molecule has 1 atom stereocenters. The summed E-state index contributed by atoms with van der Waals surface area (Å²) in [6, 6.07) is 4.95. The molecule has 1 fully saturated rings. The zero-order chi connectivity index (χ0) is 13.2. The number of halogens is 3. The Morgan fingerprint density at radius 1 is 1.47 bits per heavy atom. The van der Waals surface area contributed by atoms with Crippen molar-refractivity contribution >= 4 is 50.0 Å². The first-order chi connectivity index (χ1) is 8.49. The predicted octanol–water partition coefficient (Wildman–Crippen LogP) is 2.55. The minimum Gasteiger partial charge on any atom is -0.313 e. The second-order valence-electron chi connectivity index (χ2n) is 4.22. The van der Waals surface area contributed by atoms with Crippen LogP contribution >= 0.6 is 39.9 Å². The van der Waals surface area contributed by atoms with E-state index in [4.69, 9.17) is 11.6 Å². The molecule has 0 aliphatic carbocycles. The van der Waals surface area contributed by atoms with Gasteiger partial charge in [0.25, 0.3) is 0 Å². The summed E-state index contributed by atoms with van der Waals surface area (Å²) in [5.74, 6) is 0. The Hall–Kier alpha value is 0.150. The van der Waals surface area contributed by atoms with Crippen molar-refractivity contribution in [3.8, 4) is 0 Å². The standard InChI is InChI=1S/C11H14BrClN2O2S.ClH/c12-8-3-4-11(10(13)6-8)18(16,17)15-7-9-2-1-5-14-9;/h3-4,6,9,14-15H,1-2,5,7H2;1H. The van der Waals surface area contributed by atoms with Crippen LogP contribution in [-0.2, 0) is 10.0 Å². The molecule has 0 bridgehead atoms. The van der Waals surface area contributed by atoms with Gasteiger partial charge in [0.1, 0.15) is 4.90 Å². The molecule has 0 spiro atoms.